The molecule has 0 saturated carbocycles. The van der Waals surface area contributed by atoms with Gasteiger partial charge in [0.1, 0.15) is 11.4 Å². The fourth-order valence-corrected chi connectivity index (χ4v) is 5.83. The van der Waals surface area contributed by atoms with E-state index >= 15 is 0 Å². The molecule has 1 saturated heterocycles. The van der Waals surface area contributed by atoms with Crippen molar-refractivity contribution in [3.05, 3.63) is 83.3 Å². The van der Waals surface area contributed by atoms with Gasteiger partial charge in [0.2, 0.25) is 16.0 Å². The maximum absolute atomic E-state index is 13.9. The maximum atomic E-state index is 13.9. The number of esters is 1. The number of carbonyl (C=O) groups is 1. The second-order valence-corrected chi connectivity index (χ2v) is 15.1. The Hall–Kier alpha value is -3.67. The molecule has 9 nitrogen and oxygen atoms in total. The smallest absolute Gasteiger partial charge is 0.308 e. The topological polar surface area (TPSA) is 108 Å². The van der Waals surface area contributed by atoms with Crippen LogP contribution in [0.15, 0.2) is 60.7 Å². The van der Waals surface area contributed by atoms with Crippen molar-refractivity contribution in [1.29, 1.82) is 0 Å². The Bertz CT molecular complexity index is 1660. The highest BCUT2D eigenvalue weighted by Crippen LogP contribution is 2.34. The molecule has 0 spiro atoms. The third kappa shape index (κ3) is 9.43. The minimum Gasteiger partial charge on any atom is -0.459 e. The van der Waals surface area contributed by atoms with Crippen molar-refractivity contribution in [3.8, 4) is 11.3 Å². The number of anilines is 1. The third-order valence-electron chi connectivity index (χ3n) is 7.52. The number of hydrogen-bond acceptors (Lipinski definition) is 8. The van der Waals surface area contributed by atoms with E-state index in [1.165, 1.54) is 19.2 Å². The van der Waals surface area contributed by atoms with Gasteiger partial charge in [-0.3, -0.25) is 4.79 Å². The molecule has 1 aliphatic rings. The molecule has 1 aliphatic heterocycles. The molecule has 1 fully saturated rings. The van der Waals surface area contributed by atoms with E-state index in [0.29, 0.717) is 35.4 Å². The first-order valence-corrected chi connectivity index (χ1v) is 17.2. The Morgan fingerprint density at radius 1 is 1.11 bits per heavy atom. The Morgan fingerprint density at radius 3 is 2.37 bits per heavy atom. The number of halogens is 1. The molecule has 0 aliphatic carbocycles. The summed E-state index contributed by atoms with van der Waals surface area (Å²) in [6, 6.07) is 15.7. The fourth-order valence-electron chi connectivity index (χ4n) is 5.45. The number of aromatic nitrogens is 2. The quantitative estimate of drug-likeness (QED) is 0.211. The number of nitrogens with zero attached hydrogens (tertiary/aromatic N) is 3. The van der Waals surface area contributed by atoms with Crippen LogP contribution in [0.4, 0.5) is 10.3 Å². The second-order valence-electron chi connectivity index (χ2n) is 13.1. The predicted octanol–water partition coefficient (Wildman–Crippen LogP) is 6.68. The van der Waals surface area contributed by atoms with Crippen LogP contribution < -0.4 is 4.31 Å². The van der Waals surface area contributed by atoms with Crippen LogP contribution in [-0.4, -0.2) is 61.3 Å². The Kier molecular flexibility index (Phi) is 10.7. The van der Waals surface area contributed by atoms with Crippen LogP contribution in [0.2, 0.25) is 0 Å². The van der Waals surface area contributed by atoms with Crippen LogP contribution in [0.5, 0.6) is 0 Å². The van der Waals surface area contributed by atoms with E-state index < -0.39 is 39.4 Å². The number of benzene rings is 2. The van der Waals surface area contributed by atoms with Crippen LogP contribution in [0.1, 0.15) is 77.1 Å². The summed E-state index contributed by atoms with van der Waals surface area (Å²) in [6.45, 7) is 11.3. The minimum atomic E-state index is -3.64. The molecule has 2 aromatic carbocycles. The normalized spacial score (nSPS) is 18.6. The van der Waals surface area contributed by atoms with Crippen LogP contribution in [0.3, 0.4) is 0 Å². The Morgan fingerprint density at radius 2 is 1.76 bits per heavy atom. The predicted molar refractivity (Wildman–Crippen MR) is 177 cm³/mol. The molecular weight excluding hydrogens is 609 g/mol. The van der Waals surface area contributed by atoms with Gasteiger partial charge in [0.05, 0.1) is 36.3 Å². The van der Waals surface area contributed by atoms with Crippen molar-refractivity contribution in [2.45, 2.75) is 90.3 Å². The molecule has 11 heteroatoms. The van der Waals surface area contributed by atoms with Gasteiger partial charge < -0.3 is 14.2 Å². The number of rotatable bonds is 11. The molecular formula is C35H44FN3O6S. The zero-order chi connectivity index (χ0) is 33.9. The summed E-state index contributed by atoms with van der Waals surface area (Å²) < 4.78 is 57.8. The highest BCUT2D eigenvalue weighted by molar-refractivity contribution is 7.92. The van der Waals surface area contributed by atoms with E-state index in [1.54, 1.807) is 26.0 Å². The van der Waals surface area contributed by atoms with Crippen molar-refractivity contribution in [2.75, 3.05) is 17.6 Å². The van der Waals surface area contributed by atoms with Crippen molar-refractivity contribution in [2.24, 2.45) is 0 Å². The highest BCUT2D eigenvalue weighted by atomic mass is 32.2. The Balaban J connectivity index is 1.61. The maximum Gasteiger partial charge on any atom is 0.308 e. The van der Waals surface area contributed by atoms with Crippen molar-refractivity contribution in [3.63, 3.8) is 0 Å². The lowest BCUT2D eigenvalue weighted by molar-refractivity contribution is -0.290. The van der Waals surface area contributed by atoms with Crippen molar-refractivity contribution >= 4 is 28.0 Å². The summed E-state index contributed by atoms with van der Waals surface area (Å²) in [7, 11) is -2.25. The first-order valence-electron chi connectivity index (χ1n) is 15.3. The van der Waals surface area contributed by atoms with Gasteiger partial charge in [-0.1, -0.05) is 56.3 Å². The first-order chi connectivity index (χ1) is 21.4. The second kappa shape index (κ2) is 14.0. The SMILES string of the molecule is CC(C)c1nc(N(C)S(C)(=O)=O)nc(-c2ccc(F)cc2)c1C=C[C@@H]1C[C@H](CC(=O)OC(C)(C)Cc2ccccc2)OC(C)(C)O1. The zero-order valence-electron chi connectivity index (χ0n) is 27.8. The molecule has 2 atom stereocenters. The minimum absolute atomic E-state index is 0.0138. The standard InChI is InChI=1S/C35H44FN3O6S/c1-23(2)31-29(32(25-14-16-26(36)17-15-25)38-33(37-31)39(7)46(8,41)42)19-18-27-20-28(44-35(5,6)43-27)21-30(40)45-34(3,4)22-24-12-10-9-11-13-24/h9-19,23,27-28H,20-22H2,1-8H3/t27-,28-/m1/s1. The number of carbonyl (C=O) groups excluding carboxylic acids is 1. The molecule has 248 valence electrons. The molecule has 4 rings (SSSR count). The number of hydrogen-bond donors (Lipinski definition) is 0. The lowest BCUT2D eigenvalue weighted by atomic mass is 9.96. The van der Waals surface area contributed by atoms with Crippen LogP contribution >= 0.6 is 0 Å². The van der Waals surface area contributed by atoms with Gasteiger partial charge in [0.25, 0.3) is 0 Å². The van der Waals surface area contributed by atoms with Gasteiger partial charge in [-0.25, -0.2) is 27.1 Å². The molecule has 0 N–H and O–H groups in total. The molecule has 0 radical (unpaired) electrons. The summed E-state index contributed by atoms with van der Waals surface area (Å²) >= 11 is 0. The summed E-state index contributed by atoms with van der Waals surface area (Å²) in [6.07, 6.45) is 4.95. The average molecular weight is 654 g/mol. The average Bonchev–Trinajstić information content (AvgIpc) is 2.94. The van der Waals surface area contributed by atoms with Crippen LogP contribution in [0.25, 0.3) is 17.3 Å². The van der Waals surface area contributed by atoms with Crippen molar-refractivity contribution < 1.29 is 31.8 Å². The zero-order valence-corrected chi connectivity index (χ0v) is 28.6. The van der Waals surface area contributed by atoms with Gasteiger partial charge in [-0.2, -0.15) is 0 Å². The van der Waals surface area contributed by atoms with E-state index in [0.717, 1.165) is 16.1 Å². The van der Waals surface area contributed by atoms with E-state index in [2.05, 4.69) is 9.97 Å². The largest absolute Gasteiger partial charge is 0.459 e. The summed E-state index contributed by atoms with van der Waals surface area (Å²) in [5, 5.41) is 0. The molecule has 1 aromatic heterocycles. The van der Waals surface area contributed by atoms with E-state index in [-0.39, 0.29) is 24.3 Å². The van der Waals surface area contributed by atoms with Gasteiger partial charge in [-0.05, 0) is 63.4 Å². The van der Waals surface area contributed by atoms with Gasteiger partial charge in [0.15, 0.2) is 5.79 Å². The van der Waals surface area contributed by atoms with Crippen molar-refractivity contribution in [1.82, 2.24) is 9.97 Å². The van der Waals surface area contributed by atoms with Crippen LogP contribution in [-0.2, 0) is 35.4 Å². The fraction of sp³-hybridized carbons (Fsp3) is 0.457. The molecule has 2 heterocycles. The van der Waals surface area contributed by atoms with Gasteiger partial charge in [-0.15, -0.1) is 0 Å². The van der Waals surface area contributed by atoms with E-state index in [4.69, 9.17) is 14.2 Å². The van der Waals surface area contributed by atoms with Crippen LogP contribution in [0, 0.1) is 5.82 Å². The van der Waals surface area contributed by atoms with E-state index in [1.807, 2.05) is 70.2 Å². The third-order valence-corrected chi connectivity index (χ3v) is 8.68. The van der Waals surface area contributed by atoms with Gasteiger partial charge >= 0.3 is 5.97 Å². The lowest BCUT2D eigenvalue weighted by Crippen LogP contribution is -2.45. The number of sulfonamides is 1. The monoisotopic (exact) mass is 653 g/mol. The lowest BCUT2D eigenvalue weighted by Gasteiger charge is -2.40. The molecule has 0 unspecified atom stereocenters. The summed E-state index contributed by atoms with van der Waals surface area (Å²) in [5.41, 5.74) is 2.70. The summed E-state index contributed by atoms with van der Waals surface area (Å²) in [4.78, 5) is 22.3. The number of ether oxygens (including phenoxy) is 3. The molecule has 0 amide bonds. The van der Waals surface area contributed by atoms with Gasteiger partial charge in [0, 0.05) is 31.0 Å². The summed E-state index contributed by atoms with van der Waals surface area (Å²) in [5.74, 6) is -1.83. The van der Waals surface area contributed by atoms with E-state index in [9.17, 15) is 17.6 Å². The first kappa shape index (κ1) is 35.2. The molecule has 0 bridgehead atoms. The molecule has 3 aromatic rings. The molecule has 46 heavy (non-hydrogen) atoms. The highest BCUT2D eigenvalue weighted by Gasteiger charge is 2.37. The Labute approximate surface area is 271 Å².